The van der Waals surface area contributed by atoms with E-state index in [2.05, 4.69) is 30.4 Å². The van der Waals surface area contributed by atoms with Gasteiger partial charge in [-0.2, -0.15) is 11.8 Å². The molecule has 120 valence electrons. The Morgan fingerprint density at radius 3 is 2.71 bits per heavy atom. The molecule has 6 heteroatoms. The van der Waals surface area contributed by atoms with Gasteiger partial charge in [-0.1, -0.05) is 13.8 Å². The summed E-state index contributed by atoms with van der Waals surface area (Å²) in [6.07, 6.45) is 5.49. The van der Waals surface area contributed by atoms with Gasteiger partial charge in [0.25, 0.3) is 0 Å². The van der Waals surface area contributed by atoms with Gasteiger partial charge in [0.15, 0.2) is 5.13 Å². The molecule has 0 aliphatic carbocycles. The first-order valence-corrected chi connectivity index (χ1v) is 9.58. The van der Waals surface area contributed by atoms with Crippen LogP contribution in [0.4, 0.5) is 5.13 Å². The molecule has 1 N–H and O–H groups in total. The minimum Gasteiger partial charge on any atom is -0.466 e. The van der Waals surface area contributed by atoms with Crippen LogP contribution < -0.4 is 5.32 Å². The maximum absolute atomic E-state index is 11.3. The van der Waals surface area contributed by atoms with Gasteiger partial charge in [-0.3, -0.25) is 4.79 Å². The van der Waals surface area contributed by atoms with Crippen LogP contribution in [-0.2, 0) is 16.0 Å². The number of hydrogen-bond donors (Lipinski definition) is 1. The summed E-state index contributed by atoms with van der Waals surface area (Å²) in [6, 6.07) is 0. The molecule has 0 aromatic carbocycles. The van der Waals surface area contributed by atoms with Crippen LogP contribution in [0.2, 0.25) is 0 Å². The van der Waals surface area contributed by atoms with Gasteiger partial charge in [0.05, 0.1) is 18.7 Å². The van der Waals surface area contributed by atoms with Crippen LogP contribution in [0.25, 0.3) is 0 Å². The molecule has 0 amide bonds. The Hall–Kier alpha value is -0.750. The van der Waals surface area contributed by atoms with E-state index in [9.17, 15) is 4.79 Å². The number of carbonyl (C=O) groups is 1. The first-order chi connectivity index (χ1) is 10.1. The summed E-state index contributed by atoms with van der Waals surface area (Å²) >= 11 is 3.52. The van der Waals surface area contributed by atoms with Crippen molar-refractivity contribution in [2.24, 2.45) is 0 Å². The molecule has 0 aliphatic rings. The van der Waals surface area contributed by atoms with E-state index in [-0.39, 0.29) is 10.7 Å². The number of nitrogens with one attached hydrogen (secondary N) is 1. The van der Waals surface area contributed by atoms with Crippen molar-refractivity contribution in [1.29, 1.82) is 0 Å². The zero-order valence-corrected chi connectivity index (χ0v) is 15.0. The lowest BCUT2D eigenvalue weighted by Crippen LogP contribution is -2.31. The van der Waals surface area contributed by atoms with Gasteiger partial charge in [0, 0.05) is 23.1 Å². The van der Waals surface area contributed by atoms with E-state index in [1.807, 2.05) is 24.1 Å². The molecule has 4 nitrogen and oxygen atoms in total. The quantitative estimate of drug-likeness (QED) is 0.658. The van der Waals surface area contributed by atoms with E-state index in [1.165, 1.54) is 0 Å². The predicted molar refractivity (Wildman–Crippen MR) is 92.4 cm³/mol. The summed E-state index contributed by atoms with van der Waals surface area (Å²) in [5, 5.41) is 6.40. The van der Waals surface area contributed by atoms with Crippen LogP contribution in [0, 0.1) is 0 Å². The number of esters is 1. The van der Waals surface area contributed by atoms with Gasteiger partial charge < -0.3 is 10.1 Å². The minimum atomic E-state index is -0.154. The highest BCUT2D eigenvalue weighted by Gasteiger charge is 2.24. The van der Waals surface area contributed by atoms with E-state index in [0.29, 0.717) is 19.4 Å². The van der Waals surface area contributed by atoms with Gasteiger partial charge in [-0.15, -0.1) is 11.3 Å². The summed E-state index contributed by atoms with van der Waals surface area (Å²) in [4.78, 5) is 15.9. The molecule has 1 aromatic heterocycles. The van der Waals surface area contributed by atoms with Crippen LogP contribution in [-0.4, -0.2) is 35.1 Å². The number of aromatic nitrogens is 1. The predicted octanol–water partition coefficient (Wildman–Crippen LogP) is 3.97. The van der Waals surface area contributed by atoms with Crippen molar-refractivity contribution in [2.45, 2.75) is 51.2 Å². The van der Waals surface area contributed by atoms with E-state index in [1.54, 1.807) is 11.3 Å². The molecule has 0 radical (unpaired) electrons. The minimum absolute atomic E-state index is 0.154. The lowest BCUT2D eigenvalue weighted by Gasteiger charge is -2.29. The second kappa shape index (κ2) is 9.30. The van der Waals surface area contributed by atoms with E-state index in [0.717, 1.165) is 30.2 Å². The molecule has 0 unspecified atom stereocenters. The number of ether oxygens (including phenoxy) is 1. The molecule has 0 aliphatic heterocycles. The van der Waals surface area contributed by atoms with E-state index < -0.39 is 0 Å². The third kappa shape index (κ3) is 5.87. The Kier molecular flexibility index (Phi) is 8.11. The number of rotatable bonds is 10. The van der Waals surface area contributed by atoms with Gasteiger partial charge >= 0.3 is 5.97 Å². The highest BCUT2D eigenvalue weighted by Crippen LogP contribution is 2.31. The molecule has 0 bridgehead atoms. The van der Waals surface area contributed by atoms with Crippen LogP contribution in [0.3, 0.4) is 0 Å². The van der Waals surface area contributed by atoms with Crippen LogP contribution in [0.1, 0.15) is 45.7 Å². The SMILES string of the molecule is CCOC(=O)CCc1csc(NCC(CC)(CC)SC)n1. The fourth-order valence-corrected chi connectivity index (χ4v) is 3.60. The Bertz CT molecular complexity index is 423. The number of aryl methyl sites for hydroxylation is 1. The standard InChI is InChI=1S/C15H26N2O2S2/c1-5-15(6-2,20-4)11-16-14-17-12(10-21-14)8-9-13(18)19-7-3/h10H,5-9,11H2,1-4H3,(H,16,17). The Morgan fingerprint density at radius 2 is 2.14 bits per heavy atom. The molecule has 0 atom stereocenters. The fraction of sp³-hybridized carbons (Fsp3) is 0.733. The maximum Gasteiger partial charge on any atom is 0.306 e. The number of nitrogens with zero attached hydrogens (tertiary/aromatic N) is 1. The molecule has 1 rings (SSSR count). The third-order valence-electron chi connectivity index (χ3n) is 3.73. The summed E-state index contributed by atoms with van der Waals surface area (Å²) < 4.78 is 5.20. The zero-order chi connectivity index (χ0) is 15.7. The molecular formula is C15H26N2O2S2. The number of thiazole rings is 1. The van der Waals surface area contributed by atoms with Crippen molar-refractivity contribution < 1.29 is 9.53 Å². The first-order valence-electron chi connectivity index (χ1n) is 7.48. The van der Waals surface area contributed by atoms with Crippen molar-refractivity contribution in [3.05, 3.63) is 11.1 Å². The summed E-state index contributed by atoms with van der Waals surface area (Å²) in [6.45, 7) is 7.64. The lowest BCUT2D eigenvalue weighted by atomic mass is 10.0. The van der Waals surface area contributed by atoms with E-state index in [4.69, 9.17) is 4.74 Å². The highest BCUT2D eigenvalue weighted by atomic mass is 32.2. The molecule has 0 fully saturated rings. The molecular weight excluding hydrogens is 304 g/mol. The van der Waals surface area contributed by atoms with Gasteiger partial charge in [0.2, 0.25) is 0 Å². The maximum atomic E-state index is 11.3. The van der Waals surface area contributed by atoms with Gasteiger partial charge in [0.1, 0.15) is 0 Å². The number of thioether (sulfide) groups is 1. The van der Waals surface area contributed by atoms with Crippen molar-refractivity contribution in [2.75, 3.05) is 24.7 Å². The molecule has 0 saturated carbocycles. The monoisotopic (exact) mass is 330 g/mol. The van der Waals surface area contributed by atoms with Crippen molar-refractivity contribution in [3.8, 4) is 0 Å². The smallest absolute Gasteiger partial charge is 0.306 e. The fourth-order valence-electron chi connectivity index (χ4n) is 2.06. The van der Waals surface area contributed by atoms with Crippen molar-refractivity contribution in [3.63, 3.8) is 0 Å². The van der Waals surface area contributed by atoms with E-state index >= 15 is 0 Å². The van der Waals surface area contributed by atoms with Gasteiger partial charge in [-0.25, -0.2) is 4.98 Å². The Labute approximate surface area is 136 Å². The lowest BCUT2D eigenvalue weighted by molar-refractivity contribution is -0.143. The molecule has 1 aromatic rings. The second-order valence-corrected chi connectivity index (χ2v) is 7.03. The third-order valence-corrected chi connectivity index (χ3v) is 6.16. The summed E-state index contributed by atoms with van der Waals surface area (Å²) in [7, 11) is 0. The normalized spacial score (nSPS) is 11.4. The number of carbonyl (C=O) groups excluding carboxylic acids is 1. The Balaban J connectivity index is 2.46. The van der Waals surface area contributed by atoms with Crippen LogP contribution >= 0.6 is 23.1 Å². The number of anilines is 1. The molecule has 0 spiro atoms. The summed E-state index contributed by atoms with van der Waals surface area (Å²) in [5.41, 5.74) is 0.957. The average molecular weight is 331 g/mol. The summed E-state index contributed by atoms with van der Waals surface area (Å²) in [5.74, 6) is -0.154. The topological polar surface area (TPSA) is 51.2 Å². The molecule has 0 saturated heterocycles. The van der Waals surface area contributed by atoms with Crippen LogP contribution in [0.15, 0.2) is 5.38 Å². The van der Waals surface area contributed by atoms with Crippen molar-refractivity contribution in [1.82, 2.24) is 4.98 Å². The van der Waals surface area contributed by atoms with Crippen molar-refractivity contribution >= 4 is 34.2 Å². The Morgan fingerprint density at radius 1 is 1.43 bits per heavy atom. The average Bonchev–Trinajstić information content (AvgIpc) is 2.96. The number of hydrogen-bond acceptors (Lipinski definition) is 6. The first kappa shape index (κ1) is 18.3. The van der Waals surface area contributed by atoms with Crippen LogP contribution in [0.5, 0.6) is 0 Å². The largest absolute Gasteiger partial charge is 0.466 e. The highest BCUT2D eigenvalue weighted by molar-refractivity contribution is 8.00. The second-order valence-electron chi connectivity index (χ2n) is 4.90. The molecule has 1 heterocycles. The van der Waals surface area contributed by atoms with Gasteiger partial charge in [-0.05, 0) is 26.0 Å². The molecule has 21 heavy (non-hydrogen) atoms. The zero-order valence-electron chi connectivity index (χ0n) is 13.4.